The van der Waals surface area contributed by atoms with Crippen molar-refractivity contribution < 1.29 is 9.13 Å². The lowest BCUT2D eigenvalue weighted by molar-refractivity contribution is 0.320. The van der Waals surface area contributed by atoms with E-state index in [9.17, 15) is 4.39 Å². The van der Waals surface area contributed by atoms with Gasteiger partial charge in [0, 0.05) is 40.8 Å². The van der Waals surface area contributed by atoms with Crippen LogP contribution in [0.15, 0.2) is 54.4 Å². The molecule has 0 unspecified atom stereocenters. The summed E-state index contributed by atoms with van der Waals surface area (Å²) in [7, 11) is 0. The Morgan fingerprint density at radius 1 is 1.16 bits per heavy atom. The van der Waals surface area contributed by atoms with Gasteiger partial charge in [0.05, 0.1) is 12.2 Å². The number of hydrogen-bond acceptors (Lipinski definition) is 4. The second-order valence-electron chi connectivity index (χ2n) is 5.79. The van der Waals surface area contributed by atoms with Crippen LogP contribution in [0, 0.1) is 0 Å². The second kappa shape index (κ2) is 8.39. The van der Waals surface area contributed by atoms with Crippen LogP contribution in [0.1, 0.15) is 12.8 Å². The van der Waals surface area contributed by atoms with Crippen molar-refractivity contribution in [3.05, 3.63) is 54.4 Å². The molecule has 25 heavy (non-hydrogen) atoms. The SMILES string of the molecule is NN/C(=C\NCCOc1ccc2c(c1)[nH]c1ccccc12)CCCF. The lowest BCUT2D eigenvalue weighted by Gasteiger charge is -2.08. The molecule has 0 spiro atoms. The molecule has 0 saturated carbocycles. The summed E-state index contributed by atoms with van der Waals surface area (Å²) in [5.74, 6) is 6.21. The van der Waals surface area contributed by atoms with E-state index in [1.54, 1.807) is 6.20 Å². The van der Waals surface area contributed by atoms with Crippen molar-refractivity contribution in [1.82, 2.24) is 15.7 Å². The molecule has 0 radical (unpaired) electrons. The molecule has 0 aliphatic heterocycles. The monoisotopic (exact) mass is 342 g/mol. The number of rotatable bonds is 9. The van der Waals surface area contributed by atoms with E-state index in [1.165, 1.54) is 10.8 Å². The molecular formula is C19H23FN4O. The molecule has 0 fully saturated rings. The standard InChI is InChI=1S/C19H23FN4O/c20-9-3-4-14(24-21)13-22-10-11-25-15-7-8-17-16-5-1-2-6-18(16)23-19(17)12-15/h1-2,5-8,12-13,22-24H,3-4,9-11,21H2/b14-13-. The Kier molecular flexibility index (Phi) is 5.74. The van der Waals surface area contributed by atoms with Gasteiger partial charge in [0.1, 0.15) is 12.4 Å². The van der Waals surface area contributed by atoms with Crippen molar-refractivity contribution >= 4 is 21.8 Å². The number of aromatic amines is 1. The Labute approximate surface area is 146 Å². The van der Waals surface area contributed by atoms with Crippen LogP contribution in [0.4, 0.5) is 4.39 Å². The first-order valence-corrected chi connectivity index (χ1v) is 8.40. The normalized spacial score (nSPS) is 11.8. The molecule has 5 N–H and O–H groups in total. The van der Waals surface area contributed by atoms with Crippen LogP contribution in [0.5, 0.6) is 5.75 Å². The largest absolute Gasteiger partial charge is 0.492 e. The summed E-state index contributed by atoms with van der Waals surface area (Å²) >= 11 is 0. The van der Waals surface area contributed by atoms with Gasteiger partial charge in [-0.2, -0.15) is 0 Å². The van der Waals surface area contributed by atoms with Gasteiger partial charge >= 0.3 is 0 Å². The zero-order chi connectivity index (χ0) is 17.5. The van der Waals surface area contributed by atoms with Crippen LogP contribution in [-0.4, -0.2) is 24.8 Å². The lowest BCUT2D eigenvalue weighted by atomic mass is 10.1. The van der Waals surface area contributed by atoms with Crippen molar-refractivity contribution in [3.63, 3.8) is 0 Å². The number of alkyl halides is 1. The van der Waals surface area contributed by atoms with Gasteiger partial charge in [-0.3, -0.25) is 10.2 Å². The molecule has 6 heteroatoms. The fourth-order valence-corrected chi connectivity index (χ4v) is 2.79. The second-order valence-corrected chi connectivity index (χ2v) is 5.79. The first kappa shape index (κ1) is 17.1. The van der Waals surface area contributed by atoms with Gasteiger partial charge in [0.25, 0.3) is 0 Å². The number of nitrogens with one attached hydrogen (secondary N) is 3. The summed E-state index contributed by atoms with van der Waals surface area (Å²) in [5.41, 5.74) is 5.52. The number of halogens is 1. The first-order valence-electron chi connectivity index (χ1n) is 8.40. The van der Waals surface area contributed by atoms with E-state index in [4.69, 9.17) is 10.6 Å². The summed E-state index contributed by atoms with van der Waals surface area (Å²) < 4.78 is 17.9. The summed E-state index contributed by atoms with van der Waals surface area (Å²) in [6, 6.07) is 14.3. The molecule has 0 saturated heterocycles. The zero-order valence-electron chi connectivity index (χ0n) is 14.0. The van der Waals surface area contributed by atoms with E-state index >= 15 is 0 Å². The van der Waals surface area contributed by atoms with Crippen molar-refractivity contribution in [2.45, 2.75) is 12.8 Å². The van der Waals surface area contributed by atoms with Crippen LogP contribution in [0.3, 0.4) is 0 Å². The van der Waals surface area contributed by atoms with Crippen LogP contribution in [0.25, 0.3) is 21.8 Å². The Balaban J connectivity index is 1.55. The summed E-state index contributed by atoms with van der Waals surface area (Å²) in [4.78, 5) is 3.40. The topological polar surface area (TPSA) is 75.1 Å². The van der Waals surface area contributed by atoms with E-state index in [2.05, 4.69) is 33.9 Å². The average molecular weight is 342 g/mol. The molecule has 0 bridgehead atoms. The maximum Gasteiger partial charge on any atom is 0.121 e. The minimum atomic E-state index is -0.349. The molecule has 3 aromatic rings. The molecule has 1 aromatic heterocycles. The number of hydrogen-bond donors (Lipinski definition) is 4. The maximum atomic E-state index is 12.2. The number of benzene rings is 2. The van der Waals surface area contributed by atoms with Crippen molar-refractivity contribution in [3.8, 4) is 5.75 Å². The Morgan fingerprint density at radius 2 is 2.00 bits per heavy atom. The van der Waals surface area contributed by atoms with Crippen molar-refractivity contribution in [1.29, 1.82) is 0 Å². The molecule has 0 atom stereocenters. The number of allylic oxidation sites excluding steroid dienone is 1. The van der Waals surface area contributed by atoms with E-state index in [-0.39, 0.29) is 6.67 Å². The van der Waals surface area contributed by atoms with Crippen molar-refractivity contribution in [2.24, 2.45) is 5.84 Å². The number of nitrogens with two attached hydrogens (primary N) is 1. The van der Waals surface area contributed by atoms with Gasteiger partial charge in [-0.1, -0.05) is 18.2 Å². The minimum absolute atomic E-state index is 0.349. The van der Waals surface area contributed by atoms with Gasteiger partial charge in [0.15, 0.2) is 0 Å². The minimum Gasteiger partial charge on any atom is -0.492 e. The number of H-pyrrole nitrogens is 1. The molecule has 0 amide bonds. The highest BCUT2D eigenvalue weighted by atomic mass is 19.1. The average Bonchev–Trinajstić information content (AvgIpc) is 3.01. The van der Waals surface area contributed by atoms with E-state index in [1.807, 2.05) is 24.3 Å². The fraction of sp³-hybridized carbons (Fsp3) is 0.263. The lowest BCUT2D eigenvalue weighted by Crippen LogP contribution is -2.24. The Hall–Kier alpha value is -2.73. The van der Waals surface area contributed by atoms with Gasteiger partial charge in [-0.25, -0.2) is 0 Å². The third-order valence-electron chi connectivity index (χ3n) is 4.03. The van der Waals surface area contributed by atoms with Gasteiger partial charge in [-0.05, 0) is 31.0 Å². The molecule has 1 heterocycles. The number of fused-ring (bicyclic) bond motifs is 3. The highest BCUT2D eigenvalue weighted by Crippen LogP contribution is 2.28. The van der Waals surface area contributed by atoms with Crippen LogP contribution in [-0.2, 0) is 0 Å². The molecule has 132 valence electrons. The van der Waals surface area contributed by atoms with E-state index in [0.29, 0.717) is 26.0 Å². The molecular weight excluding hydrogens is 319 g/mol. The van der Waals surface area contributed by atoms with Crippen LogP contribution < -0.4 is 21.3 Å². The number of ether oxygens (including phenoxy) is 1. The predicted molar refractivity (Wildman–Crippen MR) is 99.9 cm³/mol. The summed E-state index contributed by atoms with van der Waals surface area (Å²) in [5, 5.41) is 5.52. The zero-order valence-corrected chi connectivity index (χ0v) is 14.0. The molecule has 0 aliphatic carbocycles. The summed E-state index contributed by atoms with van der Waals surface area (Å²) in [6.45, 7) is 0.799. The maximum absolute atomic E-state index is 12.2. The van der Waals surface area contributed by atoms with Gasteiger partial charge in [-0.15, -0.1) is 0 Å². The van der Waals surface area contributed by atoms with E-state index in [0.717, 1.165) is 22.5 Å². The molecule has 5 nitrogen and oxygen atoms in total. The fourth-order valence-electron chi connectivity index (χ4n) is 2.79. The quantitative estimate of drug-likeness (QED) is 0.273. The Morgan fingerprint density at radius 3 is 2.84 bits per heavy atom. The molecule has 0 aliphatic rings. The number of aromatic nitrogens is 1. The third kappa shape index (κ3) is 4.22. The Bertz CT molecular complexity index is 859. The highest BCUT2D eigenvalue weighted by molar-refractivity contribution is 6.07. The smallest absolute Gasteiger partial charge is 0.121 e. The van der Waals surface area contributed by atoms with Gasteiger partial charge < -0.3 is 20.5 Å². The highest BCUT2D eigenvalue weighted by Gasteiger charge is 2.04. The first-order chi connectivity index (χ1) is 12.3. The van der Waals surface area contributed by atoms with Gasteiger partial charge in [0.2, 0.25) is 0 Å². The third-order valence-corrected chi connectivity index (χ3v) is 4.03. The van der Waals surface area contributed by atoms with E-state index < -0.39 is 0 Å². The number of hydrazine groups is 1. The number of para-hydroxylation sites is 1. The molecule has 2 aromatic carbocycles. The molecule has 3 rings (SSSR count). The predicted octanol–water partition coefficient (Wildman–Crippen LogP) is 3.34. The van der Waals surface area contributed by atoms with Crippen LogP contribution in [0.2, 0.25) is 0 Å². The van der Waals surface area contributed by atoms with Crippen molar-refractivity contribution in [2.75, 3.05) is 19.8 Å². The van der Waals surface area contributed by atoms with Crippen LogP contribution >= 0.6 is 0 Å². The summed E-state index contributed by atoms with van der Waals surface area (Å²) in [6.07, 6.45) is 2.80.